The summed E-state index contributed by atoms with van der Waals surface area (Å²) < 4.78 is 11.6. The molecule has 0 bridgehead atoms. The molecule has 0 aromatic heterocycles. The van der Waals surface area contributed by atoms with Crippen molar-refractivity contribution in [3.63, 3.8) is 0 Å². The van der Waals surface area contributed by atoms with Gasteiger partial charge in [-0.3, -0.25) is 4.99 Å². The van der Waals surface area contributed by atoms with Crippen LogP contribution in [-0.4, -0.2) is 75.5 Å². The molecule has 3 aliphatic heterocycles. The van der Waals surface area contributed by atoms with Crippen LogP contribution >= 0.6 is 0 Å². The summed E-state index contributed by atoms with van der Waals surface area (Å²) in [5.41, 5.74) is 0.408. The second-order valence-electron chi connectivity index (χ2n) is 9.47. The van der Waals surface area contributed by atoms with Crippen molar-refractivity contribution in [1.29, 1.82) is 0 Å². The van der Waals surface area contributed by atoms with Crippen molar-refractivity contribution in [2.24, 2.45) is 22.2 Å². The van der Waals surface area contributed by atoms with Crippen LogP contribution in [0.4, 0.5) is 0 Å². The molecule has 152 valence electrons. The number of hydrogen-bond donors (Lipinski definition) is 2. The summed E-state index contributed by atoms with van der Waals surface area (Å²) in [4.78, 5) is 7.20. The first kappa shape index (κ1) is 18.2. The highest BCUT2D eigenvalue weighted by atomic mass is 16.5. The van der Waals surface area contributed by atoms with Gasteiger partial charge in [-0.25, -0.2) is 0 Å². The molecule has 5 rings (SSSR count). The summed E-state index contributed by atoms with van der Waals surface area (Å²) in [6.07, 6.45) is 9.40. The number of fused-ring (bicyclic) bond motifs is 2. The Bertz CT molecular complexity index is 550. The van der Waals surface area contributed by atoms with E-state index in [0.717, 1.165) is 31.7 Å². The standard InChI is InChI=1S/C21H36N4O2/c1-22-20(24-18-17-6-12-27-19(17)21(18)7-2-8-21)23-16-3-9-25(10-4-16)13-15-5-11-26-14-15/h15-19H,2-14H2,1H3,(H2,22,23,24). The number of aliphatic imine (C=N–C) groups is 1. The second-order valence-corrected chi connectivity index (χ2v) is 9.47. The van der Waals surface area contributed by atoms with Crippen LogP contribution in [0.2, 0.25) is 0 Å². The smallest absolute Gasteiger partial charge is 0.191 e. The zero-order valence-corrected chi connectivity index (χ0v) is 16.8. The van der Waals surface area contributed by atoms with Crippen molar-refractivity contribution in [1.82, 2.24) is 15.5 Å². The number of nitrogens with zero attached hydrogens (tertiary/aromatic N) is 2. The lowest BCUT2D eigenvalue weighted by molar-refractivity contribution is -0.171. The summed E-state index contributed by atoms with van der Waals surface area (Å²) in [6.45, 7) is 6.47. The molecule has 3 heterocycles. The number of piperidine rings is 1. The van der Waals surface area contributed by atoms with Crippen LogP contribution in [0.1, 0.15) is 44.9 Å². The Morgan fingerprint density at radius 2 is 1.96 bits per heavy atom. The van der Waals surface area contributed by atoms with Crippen molar-refractivity contribution >= 4 is 5.96 Å². The minimum Gasteiger partial charge on any atom is -0.381 e. The normalized spacial score (nSPS) is 39.1. The lowest BCUT2D eigenvalue weighted by Gasteiger charge is -2.63. The summed E-state index contributed by atoms with van der Waals surface area (Å²) >= 11 is 0. The Morgan fingerprint density at radius 3 is 2.63 bits per heavy atom. The molecule has 0 radical (unpaired) electrons. The van der Waals surface area contributed by atoms with Gasteiger partial charge in [0.2, 0.25) is 0 Å². The average Bonchev–Trinajstić information content (AvgIpc) is 3.29. The maximum atomic E-state index is 6.06. The molecule has 5 aliphatic rings. The molecule has 0 aromatic rings. The van der Waals surface area contributed by atoms with Gasteiger partial charge in [-0.2, -0.15) is 0 Å². The molecule has 6 nitrogen and oxygen atoms in total. The van der Waals surface area contributed by atoms with Crippen LogP contribution in [-0.2, 0) is 9.47 Å². The first-order chi connectivity index (χ1) is 13.3. The van der Waals surface area contributed by atoms with Gasteiger partial charge in [0.05, 0.1) is 12.7 Å². The first-order valence-corrected chi connectivity index (χ1v) is 11.2. The van der Waals surface area contributed by atoms with Crippen molar-refractivity contribution in [3.8, 4) is 0 Å². The molecular weight excluding hydrogens is 340 g/mol. The van der Waals surface area contributed by atoms with E-state index < -0.39 is 0 Å². The lowest BCUT2D eigenvalue weighted by atomic mass is 9.46. The van der Waals surface area contributed by atoms with Crippen LogP contribution in [0, 0.1) is 17.3 Å². The highest BCUT2D eigenvalue weighted by molar-refractivity contribution is 5.80. The number of ether oxygens (including phenoxy) is 2. The van der Waals surface area contributed by atoms with E-state index in [0.29, 0.717) is 29.5 Å². The van der Waals surface area contributed by atoms with E-state index in [4.69, 9.17) is 9.47 Å². The zero-order valence-electron chi connectivity index (χ0n) is 16.8. The topological polar surface area (TPSA) is 58.1 Å². The van der Waals surface area contributed by atoms with Gasteiger partial charge in [-0.1, -0.05) is 6.42 Å². The molecule has 6 heteroatoms. The molecule has 3 saturated heterocycles. The van der Waals surface area contributed by atoms with Crippen molar-refractivity contribution in [2.75, 3.05) is 46.5 Å². The Kier molecular flexibility index (Phi) is 5.07. The number of hydrogen-bond acceptors (Lipinski definition) is 4. The van der Waals surface area contributed by atoms with Crippen LogP contribution in [0.5, 0.6) is 0 Å². The van der Waals surface area contributed by atoms with Crippen LogP contribution in [0.25, 0.3) is 0 Å². The van der Waals surface area contributed by atoms with Gasteiger partial charge in [0, 0.05) is 63.3 Å². The minimum absolute atomic E-state index is 0.408. The molecule has 0 aromatic carbocycles. The minimum atomic E-state index is 0.408. The van der Waals surface area contributed by atoms with Gasteiger partial charge in [0.1, 0.15) is 0 Å². The number of guanidine groups is 1. The Balaban J connectivity index is 1.11. The van der Waals surface area contributed by atoms with E-state index in [-0.39, 0.29) is 0 Å². The summed E-state index contributed by atoms with van der Waals surface area (Å²) in [5.74, 6) is 2.46. The molecule has 4 unspecified atom stereocenters. The van der Waals surface area contributed by atoms with Gasteiger partial charge in [0.25, 0.3) is 0 Å². The third-order valence-electron chi connectivity index (χ3n) is 8.02. The predicted molar refractivity (Wildman–Crippen MR) is 106 cm³/mol. The molecule has 5 fully saturated rings. The summed E-state index contributed by atoms with van der Waals surface area (Å²) in [7, 11) is 1.92. The zero-order chi connectivity index (χ0) is 18.3. The molecule has 2 aliphatic carbocycles. The van der Waals surface area contributed by atoms with Gasteiger partial charge >= 0.3 is 0 Å². The fourth-order valence-electron chi connectivity index (χ4n) is 6.32. The molecule has 2 N–H and O–H groups in total. The maximum Gasteiger partial charge on any atom is 0.191 e. The van der Waals surface area contributed by atoms with Crippen molar-refractivity contribution in [2.45, 2.75) is 63.1 Å². The van der Waals surface area contributed by atoms with Crippen LogP contribution in [0.3, 0.4) is 0 Å². The predicted octanol–water partition coefficient (Wildman–Crippen LogP) is 1.61. The average molecular weight is 377 g/mol. The van der Waals surface area contributed by atoms with Gasteiger partial charge in [-0.05, 0) is 44.4 Å². The van der Waals surface area contributed by atoms with Gasteiger partial charge < -0.3 is 25.0 Å². The molecule has 1 spiro atoms. The van der Waals surface area contributed by atoms with Crippen LogP contribution < -0.4 is 10.6 Å². The maximum absolute atomic E-state index is 6.06. The molecule has 4 atom stereocenters. The van der Waals surface area contributed by atoms with E-state index in [1.807, 2.05) is 7.05 Å². The van der Waals surface area contributed by atoms with E-state index in [1.54, 1.807) is 0 Å². The van der Waals surface area contributed by atoms with E-state index in [2.05, 4.69) is 20.5 Å². The van der Waals surface area contributed by atoms with E-state index in [9.17, 15) is 0 Å². The molecule has 2 saturated carbocycles. The third kappa shape index (κ3) is 3.28. The first-order valence-electron chi connectivity index (χ1n) is 11.2. The van der Waals surface area contributed by atoms with E-state index in [1.165, 1.54) is 64.6 Å². The van der Waals surface area contributed by atoms with Crippen molar-refractivity contribution < 1.29 is 9.47 Å². The molecule has 27 heavy (non-hydrogen) atoms. The molecular formula is C21H36N4O2. The summed E-state index contributed by atoms with van der Waals surface area (Å²) in [5, 5.41) is 7.54. The Labute approximate surface area is 163 Å². The molecule has 0 amide bonds. The Morgan fingerprint density at radius 1 is 1.11 bits per heavy atom. The number of rotatable bonds is 4. The third-order valence-corrected chi connectivity index (χ3v) is 8.02. The highest BCUT2D eigenvalue weighted by Gasteiger charge is 2.66. The quantitative estimate of drug-likeness (QED) is 0.577. The fraction of sp³-hybridized carbons (Fsp3) is 0.952. The van der Waals surface area contributed by atoms with Gasteiger partial charge in [0.15, 0.2) is 5.96 Å². The lowest BCUT2D eigenvalue weighted by Crippen LogP contribution is -2.72. The SMILES string of the molecule is CN=C(NC1CCN(CC2CCOC2)CC1)NC1C2CCOC2C12CCC2. The van der Waals surface area contributed by atoms with Crippen LogP contribution in [0.15, 0.2) is 4.99 Å². The summed E-state index contributed by atoms with van der Waals surface area (Å²) in [6, 6.07) is 1.10. The van der Waals surface area contributed by atoms with Gasteiger partial charge in [-0.15, -0.1) is 0 Å². The number of nitrogens with one attached hydrogen (secondary N) is 2. The number of likely N-dealkylation sites (tertiary alicyclic amines) is 1. The monoisotopic (exact) mass is 376 g/mol. The second kappa shape index (κ2) is 7.53. The highest BCUT2D eigenvalue weighted by Crippen LogP contribution is 2.62. The fourth-order valence-corrected chi connectivity index (χ4v) is 6.32. The largest absolute Gasteiger partial charge is 0.381 e. The van der Waals surface area contributed by atoms with E-state index >= 15 is 0 Å². The Hall–Kier alpha value is -0.850. The van der Waals surface area contributed by atoms with Crippen molar-refractivity contribution in [3.05, 3.63) is 0 Å².